The standard InChI is InChI=1S/C13H17ClO/c1-10(2)8-12(9-13(14)15)11-6-4-3-5-7-11/h3-7,10,12H,8-9H2,1-2H3/t12-/m1/s1. The van der Waals surface area contributed by atoms with Crippen LogP contribution in [0.4, 0.5) is 0 Å². The molecule has 0 bridgehead atoms. The summed E-state index contributed by atoms with van der Waals surface area (Å²) in [6, 6.07) is 10.1. The van der Waals surface area contributed by atoms with E-state index in [0.717, 1.165) is 6.42 Å². The Morgan fingerprint density at radius 2 is 1.87 bits per heavy atom. The predicted octanol–water partition coefficient (Wildman–Crippen LogP) is 3.97. The molecule has 0 N–H and O–H groups in total. The van der Waals surface area contributed by atoms with E-state index >= 15 is 0 Å². The molecule has 0 aliphatic heterocycles. The fourth-order valence-electron chi connectivity index (χ4n) is 1.83. The molecule has 0 unspecified atom stereocenters. The van der Waals surface area contributed by atoms with Crippen LogP contribution in [0, 0.1) is 5.92 Å². The summed E-state index contributed by atoms with van der Waals surface area (Å²) in [5.41, 5.74) is 1.21. The number of hydrogen-bond acceptors (Lipinski definition) is 1. The Labute approximate surface area is 96.5 Å². The first kappa shape index (κ1) is 12.3. The van der Waals surface area contributed by atoms with Crippen LogP contribution >= 0.6 is 11.6 Å². The summed E-state index contributed by atoms with van der Waals surface area (Å²) >= 11 is 5.47. The Hall–Kier alpha value is -0.820. The van der Waals surface area contributed by atoms with Gasteiger partial charge in [0.25, 0.3) is 0 Å². The Morgan fingerprint density at radius 1 is 1.27 bits per heavy atom. The molecule has 0 aromatic heterocycles. The molecule has 0 aliphatic rings. The second-order valence-electron chi connectivity index (χ2n) is 4.30. The van der Waals surface area contributed by atoms with Gasteiger partial charge in [0.05, 0.1) is 0 Å². The van der Waals surface area contributed by atoms with Gasteiger partial charge >= 0.3 is 0 Å². The van der Waals surface area contributed by atoms with E-state index in [1.807, 2.05) is 18.2 Å². The minimum absolute atomic E-state index is 0.246. The molecular formula is C13H17ClO. The average molecular weight is 225 g/mol. The van der Waals surface area contributed by atoms with Crippen molar-refractivity contribution < 1.29 is 4.79 Å². The first-order valence-corrected chi connectivity index (χ1v) is 5.70. The molecule has 1 nitrogen and oxygen atoms in total. The third-order valence-electron chi connectivity index (χ3n) is 2.43. The minimum Gasteiger partial charge on any atom is -0.281 e. The van der Waals surface area contributed by atoms with Crippen molar-refractivity contribution in [2.24, 2.45) is 5.92 Å². The molecule has 1 atom stereocenters. The van der Waals surface area contributed by atoms with Gasteiger partial charge in [0, 0.05) is 6.42 Å². The van der Waals surface area contributed by atoms with E-state index in [-0.39, 0.29) is 11.2 Å². The first-order valence-electron chi connectivity index (χ1n) is 5.33. The average Bonchev–Trinajstić information content (AvgIpc) is 2.17. The number of carbonyl (C=O) groups excluding carboxylic acids is 1. The number of halogens is 1. The largest absolute Gasteiger partial charge is 0.281 e. The van der Waals surface area contributed by atoms with E-state index < -0.39 is 0 Å². The molecular weight excluding hydrogens is 208 g/mol. The summed E-state index contributed by atoms with van der Waals surface area (Å²) in [6.45, 7) is 4.32. The summed E-state index contributed by atoms with van der Waals surface area (Å²) < 4.78 is 0. The highest BCUT2D eigenvalue weighted by molar-refractivity contribution is 6.63. The van der Waals surface area contributed by atoms with Crippen molar-refractivity contribution in [3.8, 4) is 0 Å². The number of hydrogen-bond donors (Lipinski definition) is 0. The van der Waals surface area contributed by atoms with Crippen molar-refractivity contribution in [1.29, 1.82) is 0 Å². The highest BCUT2D eigenvalue weighted by atomic mass is 35.5. The van der Waals surface area contributed by atoms with E-state index in [2.05, 4.69) is 26.0 Å². The van der Waals surface area contributed by atoms with E-state index in [4.69, 9.17) is 11.6 Å². The Bertz CT molecular complexity index is 306. The van der Waals surface area contributed by atoms with Crippen molar-refractivity contribution in [2.45, 2.75) is 32.6 Å². The van der Waals surface area contributed by atoms with Crippen LogP contribution in [-0.4, -0.2) is 5.24 Å². The van der Waals surface area contributed by atoms with E-state index in [0.29, 0.717) is 12.3 Å². The fraction of sp³-hybridized carbons (Fsp3) is 0.462. The molecule has 2 heteroatoms. The van der Waals surface area contributed by atoms with Gasteiger partial charge in [0.2, 0.25) is 5.24 Å². The molecule has 0 radical (unpaired) electrons. The van der Waals surface area contributed by atoms with Gasteiger partial charge in [-0.15, -0.1) is 0 Å². The minimum atomic E-state index is -0.246. The molecule has 1 aromatic rings. The summed E-state index contributed by atoms with van der Waals surface area (Å²) in [6.07, 6.45) is 1.44. The van der Waals surface area contributed by atoms with Crippen LogP contribution in [0.2, 0.25) is 0 Å². The first-order chi connectivity index (χ1) is 7.09. The molecule has 0 heterocycles. The van der Waals surface area contributed by atoms with E-state index in [1.165, 1.54) is 5.56 Å². The molecule has 1 aromatic carbocycles. The molecule has 0 spiro atoms. The quantitative estimate of drug-likeness (QED) is 0.692. The molecule has 0 saturated carbocycles. The van der Waals surface area contributed by atoms with Crippen LogP contribution in [0.3, 0.4) is 0 Å². The van der Waals surface area contributed by atoms with Crippen molar-refractivity contribution in [3.05, 3.63) is 35.9 Å². The lowest BCUT2D eigenvalue weighted by molar-refractivity contribution is -0.112. The monoisotopic (exact) mass is 224 g/mol. The van der Waals surface area contributed by atoms with Crippen LogP contribution in [-0.2, 0) is 4.79 Å². The topological polar surface area (TPSA) is 17.1 Å². The summed E-state index contributed by atoms with van der Waals surface area (Å²) in [4.78, 5) is 11.0. The lowest BCUT2D eigenvalue weighted by atomic mass is 9.88. The number of benzene rings is 1. The maximum atomic E-state index is 11.0. The third-order valence-corrected chi connectivity index (χ3v) is 2.59. The fourth-order valence-corrected chi connectivity index (χ4v) is 2.01. The van der Waals surface area contributed by atoms with Gasteiger partial charge in [-0.3, -0.25) is 4.79 Å². The van der Waals surface area contributed by atoms with Crippen LogP contribution in [0.5, 0.6) is 0 Å². The zero-order chi connectivity index (χ0) is 11.3. The lowest BCUT2D eigenvalue weighted by Crippen LogP contribution is -2.06. The van der Waals surface area contributed by atoms with Gasteiger partial charge in [0.1, 0.15) is 0 Å². The molecule has 0 fully saturated rings. The Morgan fingerprint density at radius 3 is 2.33 bits per heavy atom. The van der Waals surface area contributed by atoms with Gasteiger partial charge < -0.3 is 0 Å². The number of rotatable bonds is 5. The SMILES string of the molecule is CC(C)C[C@H](CC(=O)Cl)c1ccccc1. The van der Waals surface area contributed by atoms with Crippen molar-refractivity contribution in [2.75, 3.05) is 0 Å². The molecule has 1 rings (SSSR count). The normalized spacial score (nSPS) is 12.8. The smallest absolute Gasteiger partial charge is 0.222 e. The maximum absolute atomic E-state index is 11.0. The van der Waals surface area contributed by atoms with E-state index in [1.54, 1.807) is 0 Å². The summed E-state index contributed by atoms with van der Waals surface area (Å²) in [5.74, 6) is 0.836. The van der Waals surface area contributed by atoms with Crippen LogP contribution in [0.25, 0.3) is 0 Å². The second kappa shape index (κ2) is 5.92. The molecule has 0 amide bonds. The summed E-state index contributed by atoms with van der Waals surface area (Å²) in [7, 11) is 0. The molecule has 0 aliphatic carbocycles. The Kier molecular flexibility index (Phi) is 4.83. The summed E-state index contributed by atoms with van der Waals surface area (Å²) in [5, 5.41) is -0.246. The van der Waals surface area contributed by atoms with Gasteiger partial charge in [-0.2, -0.15) is 0 Å². The van der Waals surface area contributed by atoms with Crippen LogP contribution in [0.15, 0.2) is 30.3 Å². The molecule has 15 heavy (non-hydrogen) atoms. The van der Waals surface area contributed by atoms with Gasteiger partial charge in [-0.25, -0.2) is 0 Å². The van der Waals surface area contributed by atoms with Crippen LogP contribution in [0.1, 0.15) is 38.2 Å². The predicted molar refractivity (Wildman–Crippen MR) is 64.1 cm³/mol. The highest BCUT2D eigenvalue weighted by Crippen LogP contribution is 2.27. The van der Waals surface area contributed by atoms with Gasteiger partial charge in [-0.1, -0.05) is 44.2 Å². The lowest BCUT2D eigenvalue weighted by Gasteiger charge is -2.17. The maximum Gasteiger partial charge on any atom is 0.222 e. The van der Waals surface area contributed by atoms with Crippen molar-refractivity contribution in [3.63, 3.8) is 0 Å². The van der Waals surface area contributed by atoms with Gasteiger partial charge in [-0.05, 0) is 35.4 Å². The molecule has 0 saturated heterocycles. The highest BCUT2D eigenvalue weighted by Gasteiger charge is 2.15. The van der Waals surface area contributed by atoms with E-state index in [9.17, 15) is 4.79 Å². The van der Waals surface area contributed by atoms with Crippen molar-refractivity contribution in [1.82, 2.24) is 0 Å². The van der Waals surface area contributed by atoms with Gasteiger partial charge in [0.15, 0.2) is 0 Å². The zero-order valence-electron chi connectivity index (χ0n) is 9.24. The van der Waals surface area contributed by atoms with Crippen LogP contribution < -0.4 is 0 Å². The Balaban J connectivity index is 2.76. The third kappa shape index (κ3) is 4.48. The van der Waals surface area contributed by atoms with Crippen molar-refractivity contribution >= 4 is 16.8 Å². The number of carbonyl (C=O) groups is 1. The molecule has 82 valence electrons. The second-order valence-corrected chi connectivity index (χ2v) is 4.72. The zero-order valence-corrected chi connectivity index (χ0v) is 10.00.